The summed E-state index contributed by atoms with van der Waals surface area (Å²) in [6.07, 6.45) is -3.60. The number of alkyl halides is 3. The standard InChI is InChI=1S/C15H15F3N4O2/c1-9(23)21-11-3-5-13(15(16,17)18)22(8-11)14(24)12-4-2-10(6-19)7-20-12/h2,4,7,11,13H,3,5,8H2,1H3,(H,21,23)/t11-,13+/m0/s1. The number of aromatic nitrogens is 1. The minimum Gasteiger partial charge on any atom is -0.352 e. The molecular formula is C15H15F3N4O2. The van der Waals surface area contributed by atoms with Gasteiger partial charge in [-0.15, -0.1) is 0 Å². The van der Waals surface area contributed by atoms with Gasteiger partial charge in [0, 0.05) is 25.7 Å². The molecule has 1 fully saturated rings. The van der Waals surface area contributed by atoms with Crippen molar-refractivity contribution in [1.29, 1.82) is 5.26 Å². The first-order valence-electron chi connectivity index (χ1n) is 7.23. The molecule has 1 aliphatic rings. The second-order valence-corrected chi connectivity index (χ2v) is 5.53. The van der Waals surface area contributed by atoms with Gasteiger partial charge in [0.15, 0.2) is 0 Å². The topological polar surface area (TPSA) is 86.1 Å². The Morgan fingerprint density at radius 2 is 2.08 bits per heavy atom. The van der Waals surface area contributed by atoms with Crippen LogP contribution in [0.2, 0.25) is 0 Å². The number of halogens is 3. The molecule has 6 nitrogen and oxygen atoms in total. The molecule has 0 bridgehead atoms. The van der Waals surface area contributed by atoms with E-state index in [9.17, 15) is 22.8 Å². The Kier molecular flexibility index (Phi) is 5.07. The number of nitrogens with zero attached hydrogens (tertiary/aromatic N) is 3. The van der Waals surface area contributed by atoms with Crippen molar-refractivity contribution >= 4 is 11.8 Å². The molecule has 2 amide bonds. The van der Waals surface area contributed by atoms with Crippen LogP contribution in [-0.2, 0) is 4.79 Å². The van der Waals surface area contributed by atoms with E-state index in [1.807, 2.05) is 6.07 Å². The van der Waals surface area contributed by atoms with Gasteiger partial charge in [0.25, 0.3) is 5.91 Å². The first-order valence-corrected chi connectivity index (χ1v) is 7.23. The predicted octanol–water partition coefficient (Wildman–Crippen LogP) is 1.62. The Balaban J connectivity index is 2.26. The van der Waals surface area contributed by atoms with Gasteiger partial charge in [0.2, 0.25) is 5.91 Å². The number of rotatable bonds is 2. The van der Waals surface area contributed by atoms with Crippen molar-refractivity contribution in [3.05, 3.63) is 29.6 Å². The third kappa shape index (κ3) is 4.01. The van der Waals surface area contributed by atoms with E-state index in [2.05, 4.69) is 10.3 Å². The number of pyridine rings is 1. The number of piperidine rings is 1. The van der Waals surface area contributed by atoms with Crippen LogP contribution in [0.15, 0.2) is 18.3 Å². The number of hydrogen-bond acceptors (Lipinski definition) is 4. The van der Waals surface area contributed by atoms with Gasteiger partial charge in [-0.3, -0.25) is 9.59 Å². The Morgan fingerprint density at radius 1 is 1.38 bits per heavy atom. The summed E-state index contributed by atoms with van der Waals surface area (Å²) >= 11 is 0. The summed E-state index contributed by atoms with van der Waals surface area (Å²) < 4.78 is 39.7. The number of likely N-dealkylation sites (tertiary alicyclic amines) is 1. The highest BCUT2D eigenvalue weighted by Gasteiger charge is 2.48. The molecule has 2 rings (SSSR count). The van der Waals surface area contributed by atoms with Gasteiger partial charge in [-0.2, -0.15) is 18.4 Å². The van der Waals surface area contributed by atoms with Crippen molar-refractivity contribution in [2.45, 2.75) is 38.0 Å². The monoisotopic (exact) mass is 340 g/mol. The van der Waals surface area contributed by atoms with E-state index in [1.54, 1.807) is 0 Å². The van der Waals surface area contributed by atoms with E-state index >= 15 is 0 Å². The number of carbonyl (C=O) groups is 2. The van der Waals surface area contributed by atoms with Crippen molar-refractivity contribution in [3.63, 3.8) is 0 Å². The zero-order valence-corrected chi connectivity index (χ0v) is 12.8. The fourth-order valence-electron chi connectivity index (χ4n) is 2.67. The SMILES string of the molecule is CC(=O)N[C@H]1CC[C@H](C(F)(F)F)N(C(=O)c2ccc(C#N)cn2)C1. The molecule has 0 aromatic carbocycles. The fourth-order valence-corrected chi connectivity index (χ4v) is 2.67. The molecule has 1 saturated heterocycles. The summed E-state index contributed by atoms with van der Waals surface area (Å²) in [5.41, 5.74) is 0.0282. The molecule has 0 saturated carbocycles. The summed E-state index contributed by atoms with van der Waals surface area (Å²) in [6, 6.07) is 1.89. The predicted molar refractivity (Wildman–Crippen MR) is 76.7 cm³/mol. The van der Waals surface area contributed by atoms with Crippen LogP contribution in [0, 0.1) is 11.3 Å². The molecule has 0 aliphatic carbocycles. The smallest absolute Gasteiger partial charge is 0.352 e. The van der Waals surface area contributed by atoms with Gasteiger partial charge in [0.1, 0.15) is 17.8 Å². The highest BCUT2D eigenvalue weighted by Crippen LogP contribution is 2.32. The molecule has 0 unspecified atom stereocenters. The number of nitriles is 1. The van der Waals surface area contributed by atoms with Gasteiger partial charge in [-0.25, -0.2) is 4.98 Å². The minimum atomic E-state index is -4.57. The molecule has 9 heteroatoms. The molecule has 1 aliphatic heterocycles. The third-order valence-corrected chi connectivity index (χ3v) is 3.74. The van der Waals surface area contributed by atoms with E-state index in [4.69, 9.17) is 5.26 Å². The maximum Gasteiger partial charge on any atom is 0.408 e. The lowest BCUT2D eigenvalue weighted by Crippen LogP contribution is -2.58. The van der Waals surface area contributed by atoms with Crippen molar-refractivity contribution < 1.29 is 22.8 Å². The summed E-state index contributed by atoms with van der Waals surface area (Å²) in [5.74, 6) is -1.24. The van der Waals surface area contributed by atoms with E-state index in [1.165, 1.54) is 19.1 Å². The van der Waals surface area contributed by atoms with Crippen LogP contribution in [0.25, 0.3) is 0 Å². The van der Waals surface area contributed by atoms with Crippen molar-refractivity contribution in [1.82, 2.24) is 15.2 Å². The summed E-state index contributed by atoms with van der Waals surface area (Å²) in [6.45, 7) is 1.02. The van der Waals surface area contributed by atoms with E-state index in [-0.39, 0.29) is 36.6 Å². The van der Waals surface area contributed by atoms with Crippen LogP contribution in [-0.4, -0.2) is 46.5 Å². The second kappa shape index (κ2) is 6.86. The van der Waals surface area contributed by atoms with Gasteiger partial charge < -0.3 is 10.2 Å². The first-order chi connectivity index (χ1) is 11.2. The number of amides is 2. The molecule has 128 valence electrons. The summed E-state index contributed by atoms with van der Waals surface area (Å²) in [4.78, 5) is 28.0. The molecule has 1 N–H and O–H groups in total. The van der Waals surface area contributed by atoms with E-state index in [0.29, 0.717) is 4.90 Å². The average Bonchev–Trinajstić information content (AvgIpc) is 2.52. The molecule has 2 heterocycles. The van der Waals surface area contributed by atoms with Gasteiger partial charge >= 0.3 is 6.18 Å². The highest BCUT2D eigenvalue weighted by molar-refractivity contribution is 5.92. The molecule has 2 atom stereocenters. The number of nitrogens with one attached hydrogen (secondary N) is 1. The zero-order valence-electron chi connectivity index (χ0n) is 12.8. The van der Waals surface area contributed by atoms with Crippen LogP contribution < -0.4 is 5.32 Å². The largest absolute Gasteiger partial charge is 0.408 e. The maximum atomic E-state index is 13.2. The zero-order chi connectivity index (χ0) is 17.9. The normalized spacial score (nSPS) is 21.0. The molecule has 1 aromatic rings. The van der Waals surface area contributed by atoms with Gasteiger partial charge in [0.05, 0.1) is 5.56 Å². The van der Waals surface area contributed by atoms with Crippen LogP contribution in [0.4, 0.5) is 13.2 Å². The third-order valence-electron chi connectivity index (χ3n) is 3.74. The van der Waals surface area contributed by atoms with Crippen molar-refractivity contribution in [2.75, 3.05) is 6.54 Å². The quantitative estimate of drug-likeness (QED) is 0.886. The number of carbonyl (C=O) groups excluding carboxylic acids is 2. The molecule has 0 radical (unpaired) electrons. The molecule has 0 spiro atoms. The van der Waals surface area contributed by atoms with E-state index in [0.717, 1.165) is 6.20 Å². The lowest BCUT2D eigenvalue weighted by molar-refractivity contribution is -0.184. The number of hydrogen-bond donors (Lipinski definition) is 1. The first kappa shape index (κ1) is 17.7. The van der Waals surface area contributed by atoms with Crippen LogP contribution >= 0.6 is 0 Å². The molecule has 24 heavy (non-hydrogen) atoms. The Bertz CT molecular complexity index is 667. The summed E-state index contributed by atoms with van der Waals surface area (Å²) in [5, 5.41) is 11.3. The highest BCUT2D eigenvalue weighted by atomic mass is 19.4. The van der Waals surface area contributed by atoms with Gasteiger partial charge in [-0.05, 0) is 25.0 Å². The minimum absolute atomic E-state index is 0.133. The average molecular weight is 340 g/mol. The maximum absolute atomic E-state index is 13.2. The van der Waals surface area contributed by atoms with E-state index < -0.39 is 24.2 Å². The van der Waals surface area contributed by atoms with Crippen molar-refractivity contribution in [3.8, 4) is 6.07 Å². The van der Waals surface area contributed by atoms with Crippen LogP contribution in [0.1, 0.15) is 35.8 Å². The fraction of sp³-hybridized carbons (Fsp3) is 0.467. The van der Waals surface area contributed by atoms with Crippen molar-refractivity contribution in [2.24, 2.45) is 0 Å². The molecular weight excluding hydrogens is 325 g/mol. The van der Waals surface area contributed by atoms with Gasteiger partial charge in [-0.1, -0.05) is 0 Å². The van der Waals surface area contributed by atoms with Crippen LogP contribution in [0.5, 0.6) is 0 Å². The Hall–Kier alpha value is -2.63. The lowest BCUT2D eigenvalue weighted by Gasteiger charge is -2.40. The Labute approximate surface area is 136 Å². The summed E-state index contributed by atoms with van der Waals surface area (Å²) in [7, 11) is 0. The Morgan fingerprint density at radius 3 is 2.58 bits per heavy atom. The van der Waals surface area contributed by atoms with Crippen LogP contribution in [0.3, 0.4) is 0 Å². The lowest BCUT2D eigenvalue weighted by atomic mass is 9.97. The molecule has 1 aromatic heterocycles. The second-order valence-electron chi connectivity index (χ2n) is 5.53.